The van der Waals surface area contributed by atoms with Gasteiger partial charge in [-0.2, -0.15) is 0 Å². The fraction of sp³-hybridized carbons (Fsp3) is 0.0588. The van der Waals surface area contributed by atoms with Crippen molar-refractivity contribution in [3.63, 3.8) is 0 Å². The van der Waals surface area contributed by atoms with Crippen molar-refractivity contribution in [1.82, 2.24) is 10.5 Å². The number of rotatable bonds is 6. The first-order chi connectivity index (χ1) is 13.4. The molecular weight excluding hydrogens is 436 g/mol. The molecule has 142 valence electrons. The number of halogens is 1. The van der Waals surface area contributed by atoms with Gasteiger partial charge in [-0.15, -0.1) is 0 Å². The zero-order chi connectivity index (χ0) is 20.3. The Hall–Kier alpha value is -3.60. The van der Waals surface area contributed by atoms with Gasteiger partial charge in [0.25, 0.3) is 11.6 Å². The lowest BCUT2D eigenvalue weighted by molar-refractivity contribution is -0.391. The first kappa shape index (κ1) is 19.2. The topological polar surface area (TPSA) is 141 Å². The second-order valence-corrected chi connectivity index (χ2v) is 6.50. The molecule has 1 N–H and O–H groups in total. The van der Waals surface area contributed by atoms with Gasteiger partial charge in [0.2, 0.25) is 5.76 Å². The van der Waals surface area contributed by atoms with Gasteiger partial charge in [0.15, 0.2) is 10.7 Å². The molecule has 3 rings (SSSR count). The number of carbonyl (C=O) groups excluding carboxylic acids is 1. The summed E-state index contributed by atoms with van der Waals surface area (Å²) >= 11 is 3.32. The number of amides is 1. The summed E-state index contributed by atoms with van der Waals surface area (Å²) in [5, 5.41) is 28.0. The molecule has 0 spiro atoms. The van der Waals surface area contributed by atoms with Crippen LogP contribution in [0.4, 0.5) is 11.5 Å². The number of nitrogens with zero attached hydrogens (tertiary/aromatic N) is 3. The maximum Gasteiger partial charge on any atom is 0.427 e. The van der Waals surface area contributed by atoms with Gasteiger partial charge >= 0.3 is 5.82 Å². The van der Waals surface area contributed by atoms with Gasteiger partial charge in [0.1, 0.15) is 0 Å². The molecule has 0 radical (unpaired) electrons. The summed E-state index contributed by atoms with van der Waals surface area (Å²) in [5.41, 5.74) is 0.504. The normalized spacial score (nSPS) is 10.5. The predicted molar refractivity (Wildman–Crippen MR) is 101 cm³/mol. The smallest absolute Gasteiger partial charge is 0.358 e. The third-order valence-electron chi connectivity index (χ3n) is 3.76. The Bertz CT molecular complexity index is 1060. The highest BCUT2D eigenvalue weighted by molar-refractivity contribution is 9.10. The molecule has 1 amide bonds. The average molecular weight is 447 g/mol. The van der Waals surface area contributed by atoms with Crippen LogP contribution in [0.15, 0.2) is 57.5 Å². The number of aromatic nitrogens is 1. The van der Waals surface area contributed by atoms with Crippen LogP contribution in [0, 0.1) is 20.2 Å². The lowest BCUT2D eigenvalue weighted by atomic mass is 10.1. The highest BCUT2D eigenvalue weighted by Crippen LogP contribution is 2.31. The van der Waals surface area contributed by atoms with E-state index in [4.69, 9.17) is 4.52 Å². The zero-order valence-electron chi connectivity index (χ0n) is 14.0. The van der Waals surface area contributed by atoms with Crippen molar-refractivity contribution in [3.05, 3.63) is 84.4 Å². The molecule has 0 aliphatic rings. The minimum Gasteiger partial charge on any atom is -0.358 e. The summed E-state index contributed by atoms with van der Waals surface area (Å²) in [6.45, 7) is 0.125. The van der Waals surface area contributed by atoms with Gasteiger partial charge in [0.05, 0.1) is 4.92 Å². The molecule has 1 aromatic heterocycles. The number of hydrogen-bond donors (Lipinski definition) is 1. The molecule has 0 bridgehead atoms. The van der Waals surface area contributed by atoms with Gasteiger partial charge in [-0.25, -0.2) is 0 Å². The van der Waals surface area contributed by atoms with Gasteiger partial charge in [-0.05, 0) is 34.8 Å². The van der Waals surface area contributed by atoms with E-state index in [-0.39, 0.29) is 29.1 Å². The van der Waals surface area contributed by atoms with Crippen LogP contribution in [0.1, 0.15) is 15.9 Å². The van der Waals surface area contributed by atoms with E-state index >= 15 is 0 Å². The number of nitrogens with one attached hydrogen (secondary N) is 1. The Labute approximate surface area is 165 Å². The maximum atomic E-state index is 12.6. The van der Waals surface area contributed by atoms with Crippen LogP contribution < -0.4 is 5.32 Å². The van der Waals surface area contributed by atoms with Gasteiger partial charge in [0, 0.05) is 28.7 Å². The monoisotopic (exact) mass is 446 g/mol. The van der Waals surface area contributed by atoms with Crippen LogP contribution in [-0.4, -0.2) is 20.9 Å². The van der Waals surface area contributed by atoms with E-state index in [2.05, 4.69) is 26.4 Å². The molecule has 1 heterocycles. The van der Waals surface area contributed by atoms with Crippen LogP contribution >= 0.6 is 15.9 Å². The fourth-order valence-electron chi connectivity index (χ4n) is 2.46. The van der Waals surface area contributed by atoms with Crippen molar-refractivity contribution < 1.29 is 19.2 Å². The average Bonchev–Trinajstić information content (AvgIpc) is 3.12. The first-order valence-corrected chi connectivity index (χ1v) is 8.57. The molecule has 11 heteroatoms. The predicted octanol–water partition coefficient (Wildman–Crippen LogP) is 3.85. The number of nitro benzene ring substituents is 1. The second-order valence-electron chi connectivity index (χ2n) is 5.58. The summed E-state index contributed by atoms with van der Waals surface area (Å²) in [4.78, 5) is 33.2. The zero-order valence-corrected chi connectivity index (χ0v) is 15.6. The molecule has 0 saturated carbocycles. The lowest BCUT2D eigenvalue weighted by Gasteiger charge is -2.05. The maximum absolute atomic E-state index is 12.6. The van der Waals surface area contributed by atoms with Crippen LogP contribution in [0.3, 0.4) is 0 Å². The second kappa shape index (κ2) is 7.96. The lowest BCUT2D eigenvalue weighted by Crippen LogP contribution is -2.23. The van der Waals surface area contributed by atoms with E-state index in [1.165, 1.54) is 24.3 Å². The molecular formula is C17H11BrN4O6. The van der Waals surface area contributed by atoms with Crippen molar-refractivity contribution in [1.29, 1.82) is 0 Å². The van der Waals surface area contributed by atoms with E-state index in [9.17, 15) is 25.0 Å². The molecule has 0 atom stereocenters. The molecule has 2 aromatic carbocycles. The van der Waals surface area contributed by atoms with Crippen LogP contribution in [0.5, 0.6) is 0 Å². The summed E-state index contributed by atoms with van der Waals surface area (Å²) in [6.07, 6.45) is 0. The standard InChI is InChI=1S/C17H11BrN4O6/c18-12-3-1-2-10(8-12)9-19-17(23)14-15(28-20-16(14)22(26)27)11-4-6-13(7-5-11)21(24)25/h1-8H,9H2,(H,19,23). The SMILES string of the molecule is O=C(NCc1cccc(Br)c1)c1c([N+](=O)[O-])noc1-c1ccc([N+](=O)[O-])cc1. The Kier molecular flexibility index (Phi) is 5.45. The van der Waals surface area contributed by atoms with Crippen LogP contribution in [-0.2, 0) is 6.54 Å². The molecule has 10 nitrogen and oxygen atoms in total. The highest BCUT2D eigenvalue weighted by Gasteiger charge is 2.33. The van der Waals surface area contributed by atoms with Crippen molar-refractivity contribution in [2.45, 2.75) is 6.54 Å². The van der Waals surface area contributed by atoms with Gasteiger partial charge < -0.3 is 15.4 Å². The number of hydrogen-bond acceptors (Lipinski definition) is 7. The Morgan fingerprint density at radius 3 is 2.43 bits per heavy atom. The molecule has 28 heavy (non-hydrogen) atoms. The number of nitro groups is 2. The largest absolute Gasteiger partial charge is 0.427 e. The molecule has 0 fully saturated rings. The summed E-state index contributed by atoms with van der Waals surface area (Å²) in [5.74, 6) is -1.63. The van der Waals surface area contributed by atoms with E-state index < -0.39 is 21.6 Å². The van der Waals surface area contributed by atoms with E-state index in [0.717, 1.165) is 10.0 Å². The minimum absolute atomic E-state index is 0.125. The first-order valence-electron chi connectivity index (χ1n) is 7.78. The quantitative estimate of drug-likeness (QED) is 0.447. The highest BCUT2D eigenvalue weighted by atomic mass is 79.9. The molecule has 0 aliphatic carbocycles. The van der Waals surface area contributed by atoms with Gasteiger partial charge in [-0.1, -0.05) is 28.1 Å². The summed E-state index contributed by atoms with van der Waals surface area (Å²) in [6, 6.07) is 12.2. The molecule has 3 aromatic rings. The molecule has 0 unspecified atom stereocenters. The van der Waals surface area contributed by atoms with Crippen molar-refractivity contribution in [2.24, 2.45) is 0 Å². The van der Waals surface area contributed by atoms with Crippen molar-refractivity contribution >= 4 is 33.3 Å². The third kappa shape index (κ3) is 4.04. The molecule has 0 aliphatic heterocycles. The summed E-state index contributed by atoms with van der Waals surface area (Å²) in [7, 11) is 0. The van der Waals surface area contributed by atoms with Crippen molar-refractivity contribution in [2.75, 3.05) is 0 Å². The van der Waals surface area contributed by atoms with Gasteiger partial charge in [-0.3, -0.25) is 19.4 Å². The number of benzene rings is 2. The van der Waals surface area contributed by atoms with E-state index in [1.807, 2.05) is 6.07 Å². The third-order valence-corrected chi connectivity index (χ3v) is 4.25. The van der Waals surface area contributed by atoms with Crippen LogP contribution in [0.2, 0.25) is 0 Å². The summed E-state index contributed by atoms with van der Waals surface area (Å²) < 4.78 is 5.83. The minimum atomic E-state index is -0.827. The Morgan fingerprint density at radius 1 is 1.11 bits per heavy atom. The number of non-ortho nitro benzene ring substituents is 1. The van der Waals surface area contributed by atoms with Crippen LogP contribution in [0.25, 0.3) is 11.3 Å². The molecule has 0 saturated heterocycles. The Morgan fingerprint density at radius 2 is 1.82 bits per heavy atom. The van der Waals surface area contributed by atoms with Crippen molar-refractivity contribution in [3.8, 4) is 11.3 Å². The number of carbonyl (C=O) groups is 1. The van der Waals surface area contributed by atoms with E-state index in [1.54, 1.807) is 18.2 Å². The van der Waals surface area contributed by atoms with E-state index in [0.29, 0.717) is 0 Å². The Balaban J connectivity index is 1.92. The fourth-order valence-corrected chi connectivity index (χ4v) is 2.91.